The Balaban J connectivity index is 2.29. The van der Waals surface area contributed by atoms with Gasteiger partial charge >= 0.3 is 5.97 Å². The maximum absolute atomic E-state index is 11.7. The highest BCUT2D eigenvalue weighted by molar-refractivity contribution is 5.70. The van der Waals surface area contributed by atoms with Crippen molar-refractivity contribution < 1.29 is 20.1 Å². The average Bonchev–Trinajstić information content (AvgIpc) is 2.47. The van der Waals surface area contributed by atoms with E-state index in [1.807, 2.05) is 0 Å². The fourth-order valence-corrected chi connectivity index (χ4v) is 4.81. The van der Waals surface area contributed by atoms with Crippen LogP contribution in [0, 0.1) is 23.2 Å². The van der Waals surface area contributed by atoms with E-state index in [2.05, 4.69) is 20.1 Å². The lowest BCUT2D eigenvalue weighted by Gasteiger charge is -2.55. The summed E-state index contributed by atoms with van der Waals surface area (Å²) in [5, 5.41) is 30.2. The quantitative estimate of drug-likeness (QED) is 0.680. The summed E-state index contributed by atoms with van der Waals surface area (Å²) in [5.74, 6) is -1.14. The Kier molecular flexibility index (Phi) is 5.07. The van der Waals surface area contributed by atoms with E-state index in [1.54, 1.807) is 6.92 Å². The van der Waals surface area contributed by atoms with Gasteiger partial charge in [0, 0.05) is 0 Å². The maximum atomic E-state index is 11.7. The molecule has 0 amide bonds. The zero-order valence-corrected chi connectivity index (χ0v) is 14.3. The Morgan fingerprint density at radius 1 is 1.52 bits per heavy atom. The summed E-state index contributed by atoms with van der Waals surface area (Å²) in [4.78, 5) is 11.7. The topological polar surface area (TPSA) is 77.8 Å². The highest BCUT2D eigenvalue weighted by atomic mass is 16.4. The summed E-state index contributed by atoms with van der Waals surface area (Å²) in [6, 6.07) is 0. The third kappa shape index (κ3) is 3.38. The van der Waals surface area contributed by atoms with Crippen LogP contribution in [-0.2, 0) is 4.79 Å². The van der Waals surface area contributed by atoms with E-state index in [-0.39, 0.29) is 23.2 Å². The number of carbonyl (C=O) groups is 1. The molecule has 2 fully saturated rings. The van der Waals surface area contributed by atoms with Crippen molar-refractivity contribution in [3.8, 4) is 0 Å². The third-order valence-electron chi connectivity index (χ3n) is 6.41. The number of hydrogen-bond donors (Lipinski definition) is 3. The van der Waals surface area contributed by atoms with E-state index in [1.165, 1.54) is 6.08 Å². The standard InChI is InChI=1S/C19H30O4/c1-5-18(3,23)10-8-14-12(2)16(20)11-15-13(17(21)22)7-6-9-19(14,15)4/h5,13-16,20,23H,1-2,6-11H2,3-4H3,(H,21,22)/t13-,14?,15?,16+,18-,19+/m0/s1. The van der Waals surface area contributed by atoms with Crippen molar-refractivity contribution >= 4 is 5.97 Å². The molecule has 2 rings (SSSR count). The van der Waals surface area contributed by atoms with Crippen molar-refractivity contribution in [3.05, 3.63) is 24.8 Å². The van der Waals surface area contributed by atoms with Crippen LogP contribution in [0.3, 0.4) is 0 Å². The van der Waals surface area contributed by atoms with Gasteiger partial charge in [0.05, 0.1) is 17.6 Å². The van der Waals surface area contributed by atoms with E-state index in [0.29, 0.717) is 25.7 Å². The Labute approximate surface area is 138 Å². The average molecular weight is 322 g/mol. The van der Waals surface area contributed by atoms with Crippen LogP contribution in [0.4, 0.5) is 0 Å². The van der Waals surface area contributed by atoms with Gasteiger partial charge in [-0.15, -0.1) is 6.58 Å². The number of rotatable bonds is 5. The minimum absolute atomic E-state index is 0.0322. The number of fused-ring (bicyclic) bond motifs is 1. The summed E-state index contributed by atoms with van der Waals surface area (Å²) in [7, 11) is 0. The van der Waals surface area contributed by atoms with Gasteiger partial charge in [0.1, 0.15) is 0 Å². The van der Waals surface area contributed by atoms with E-state index in [0.717, 1.165) is 18.4 Å². The number of hydrogen-bond acceptors (Lipinski definition) is 3. The van der Waals surface area contributed by atoms with Crippen molar-refractivity contribution in [1.82, 2.24) is 0 Å². The minimum Gasteiger partial charge on any atom is -0.481 e. The minimum atomic E-state index is -0.949. The van der Waals surface area contributed by atoms with E-state index in [9.17, 15) is 20.1 Å². The van der Waals surface area contributed by atoms with Crippen LogP contribution in [0.1, 0.15) is 52.4 Å². The number of carboxylic acid groups (broad SMARTS) is 1. The molecule has 2 aliphatic carbocycles. The predicted octanol–water partition coefficient (Wildman–Crippen LogP) is 3.15. The molecule has 2 saturated carbocycles. The molecule has 0 bridgehead atoms. The van der Waals surface area contributed by atoms with Crippen LogP contribution in [0.15, 0.2) is 24.8 Å². The molecule has 2 unspecified atom stereocenters. The van der Waals surface area contributed by atoms with Crippen LogP contribution >= 0.6 is 0 Å². The molecule has 0 aromatic carbocycles. The van der Waals surface area contributed by atoms with Crippen LogP contribution < -0.4 is 0 Å². The van der Waals surface area contributed by atoms with Crippen molar-refractivity contribution in [2.45, 2.75) is 64.1 Å². The van der Waals surface area contributed by atoms with Crippen LogP contribution in [0.5, 0.6) is 0 Å². The maximum Gasteiger partial charge on any atom is 0.306 e. The molecule has 0 spiro atoms. The van der Waals surface area contributed by atoms with Gasteiger partial charge in [-0.2, -0.15) is 0 Å². The second-order valence-electron chi connectivity index (χ2n) is 7.93. The van der Waals surface area contributed by atoms with Gasteiger partial charge in [-0.05, 0) is 61.9 Å². The monoisotopic (exact) mass is 322 g/mol. The second-order valence-corrected chi connectivity index (χ2v) is 7.93. The first-order chi connectivity index (χ1) is 10.6. The van der Waals surface area contributed by atoms with E-state index >= 15 is 0 Å². The molecule has 0 aliphatic heterocycles. The van der Waals surface area contributed by atoms with Crippen molar-refractivity contribution in [1.29, 1.82) is 0 Å². The summed E-state index contributed by atoms with van der Waals surface area (Å²) in [6.07, 6.45) is 5.13. The molecule has 2 aliphatic rings. The zero-order chi connectivity index (χ0) is 17.4. The smallest absolute Gasteiger partial charge is 0.306 e. The third-order valence-corrected chi connectivity index (χ3v) is 6.41. The lowest BCUT2D eigenvalue weighted by Crippen LogP contribution is -2.51. The molecule has 0 heterocycles. The lowest BCUT2D eigenvalue weighted by molar-refractivity contribution is -0.152. The zero-order valence-electron chi connectivity index (χ0n) is 14.3. The van der Waals surface area contributed by atoms with E-state index in [4.69, 9.17) is 0 Å². The molecule has 0 aromatic rings. The number of carboxylic acids is 1. The molecular formula is C19H30O4. The van der Waals surface area contributed by atoms with Crippen molar-refractivity contribution in [2.75, 3.05) is 0 Å². The van der Waals surface area contributed by atoms with Gasteiger partial charge < -0.3 is 15.3 Å². The van der Waals surface area contributed by atoms with Gasteiger partial charge in [0.2, 0.25) is 0 Å². The molecule has 0 saturated heterocycles. The van der Waals surface area contributed by atoms with Gasteiger partial charge in [-0.1, -0.05) is 26.0 Å². The van der Waals surface area contributed by atoms with Crippen molar-refractivity contribution in [2.24, 2.45) is 23.2 Å². The Morgan fingerprint density at radius 2 is 2.17 bits per heavy atom. The fraction of sp³-hybridized carbons (Fsp3) is 0.737. The second kappa shape index (κ2) is 6.40. The van der Waals surface area contributed by atoms with Crippen LogP contribution in [-0.4, -0.2) is 33.0 Å². The Morgan fingerprint density at radius 3 is 2.74 bits per heavy atom. The molecule has 0 radical (unpaired) electrons. The number of aliphatic hydroxyl groups excluding tert-OH is 1. The Hall–Kier alpha value is -1.13. The van der Waals surface area contributed by atoms with Gasteiger partial charge in [0.25, 0.3) is 0 Å². The molecule has 4 heteroatoms. The summed E-state index contributed by atoms with van der Waals surface area (Å²) >= 11 is 0. The molecule has 0 aromatic heterocycles. The number of aliphatic hydroxyl groups is 2. The highest BCUT2D eigenvalue weighted by Crippen LogP contribution is 2.58. The van der Waals surface area contributed by atoms with Crippen LogP contribution in [0.25, 0.3) is 0 Å². The first-order valence-electron chi connectivity index (χ1n) is 8.58. The summed E-state index contributed by atoms with van der Waals surface area (Å²) in [5.41, 5.74) is -0.320. The fourth-order valence-electron chi connectivity index (χ4n) is 4.81. The normalized spacial score (nSPS) is 40.1. The van der Waals surface area contributed by atoms with Gasteiger partial charge in [-0.3, -0.25) is 4.79 Å². The summed E-state index contributed by atoms with van der Waals surface area (Å²) < 4.78 is 0. The largest absolute Gasteiger partial charge is 0.481 e. The molecule has 3 N–H and O–H groups in total. The van der Waals surface area contributed by atoms with Gasteiger partial charge in [-0.25, -0.2) is 0 Å². The lowest BCUT2D eigenvalue weighted by atomic mass is 9.50. The highest BCUT2D eigenvalue weighted by Gasteiger charge is 2.54. The molecule has 130 valence electrons. The molecule has 23 heavy (non-hydrogen) atoms. The molecular weight excluding hydrogens is 292 g/mol. The molecule has 6 atom stereocenters. The molecule has 4 nitrogen and oxygen atoms in total. The first kappa shape index (κ1) is 18.2. The van der Waals surface area contributed by atoms with E-state index < -0.39 is 17.7 Å². The SMILES string of the molecule is C=C[C@](C)(O)CCC1C(=C)[C@H](O)CC2[C@@H](C(=O)O)CCC[C@]12C. The van der Waals surface area contributed by atoms with Crippen molar-refractivity contribution in [3.63, 3.8) is 0 Å². The predicted molar refractivity (Wildman–Crippen MR) is 89.9 cm³/mol. The first-order valence-corrected chi connectivity index (χ1v) is 8.58. The Bertz CT molecular complexity index is 496. The number of aliphatic carboxylic acids is 1. The summed E-state index contributed by atoms with van der Waals surface area (Å²) in [6.45, 7) is 11.6. The van der Waals surface area contributed by atoms with Crippen LogP contribution in [0.2, 0.25) is 0 Å². The van der Waals surface area contributed by atoms with Gasteiger partial charge in [0.15, 0.2) is 0 Å².